The highest BCUT2D eigenvalue weighted by atomic mass is 19.3. The van der Waals surface area contributed by atoms with Crippen molar-refractivity contribution in [3.05, 3.63) is 35.9 Å². The van der Waals surface area contributed by atoms with Crippen LogP contribution in [0.2, 0.25) is 0 Å². The summed E-state index contributed by atoms with van der Waals surface area (Å²) in [4.78, 5) is 0. The van der Waals surface area contributed by atoms with E-state index in [1.807, 2.05) is 30.3 Å². The predicted molar refractivity (Wildman–Crippen MR) is 67.6 cm³/mol. The second-order valence-electron chi connectivity index (χ2n) is 5.18. The lowest BCUT2D eigenvalue weighted by Gasteiger charge is -2.35. The molecule has 2 rings (SSSR count). The second kappa shape index (κ2) is 5.79. The number of hydrogen-bond acceptors (Lipinski definition) is 1. The van der Waals surface area contributed by atoms with Crippen molar-refractivity contribution in [1.29, 1.82) is 0 Å². The Hall–Kier alpha value is -0.960. The van der Waals surface area contributed by atoms with Crippen LogP contribution in [0.4, 0.5) is 8.78 Å². The number of halogens is 2. The van der Waals surface area contributed by atoms with Crippen LogP contribution in [0.3, 0.4) is 0 Å². The molecule has 100 valence electrons. The molecule has 0 spiro atoms. The summed E-state index contributed by atoms with van der Waals surface area (Å²) in [5.41, 5.74) is 1.04. The number of hydrogen-bond donors (Lipinski definition) is 0. The molecule has 0 N–H and O–H groups in total. The van der Waals surface area contributed by atoms with Gasteiger partial charge in [0.25, 0.3) is 5.92 Å². The third kappa shape index (κ3) is 3.52. The normalized spacial score (nSPS) is 25.1. The van der Waals surface area contributed by atoms with Gasteiger partial charge in [-0.1, -0.05) is 43.2 Å². The molecule has 0 bridgehead atoms. The van der Waals surface area contributed by atoms with Crippen molar-refractivity contribution in [2.45, 2.75) is 51.2 Å². The molecule has 0 aliphatic heterocycles. The Kier molecular flexibility index (Phi) is 4.33. The topological polar surface area (TPSA) is 9.23 Å². The zero-order chi connectivity index (χ0) is 13.0. The fourth-order valence-corrected chi connectivity index (χ4v) is 2.65. The average Bonchev–Trinajstić information content (AvgIpc) is 2.37. The van der Waals surface area contributed by atoms with E-state index in [4.69, 9.17) is 4.74 Å². The van der Waals surface area contributed by atoms with Gasteiger partial charge in [-0.3, -0.25) is 0 Å². The van der Waals surface area contributed by atoms with Gasteiger partial charge in [-0.15, -0.1) is 0 Å². The van der Waals surface area contributed by atoms with Gasteiger partial charge in [0.05, 0.1) is 12.7 Å². The summed E-state index contributed by atoms with van der Waals surface area (Å²) < 4.78 is 32.7. The van der Waals surface area contributed by atoms with Crippen LogP contribution in [0.25, 0.3) is 0 Å². The van der Waals surface area contributed by atoms with Gasteiger partial charge in [-0.05, 0) is 25.3 Å². The molecular weight excluding hydrogens is 234 g/mol. The Morgan fingerprint density at radius 3 is 2.50 bits per heavy atom. The Labute approximate surface area is 107 Å². The van der Waals surface area contributed by atoms with E-state index in [-0.39, 0.29) is 6.10 Å². The number of rotatable bonds is 4. The molecule has 1 aliphatic rings. The first-order chi connectivity index (χ1) is 8.57. The summed E-state index contributed by atoms with van der Waals surface area (Å²) in [5.74, 6) is -3.27. The summed E-state index contributed by atoms with van der Waals surface area (Å²) in [5, 5.41) is 0. The van der Waals surface area contributed by atoms with Gasteiger partial charge in [0.2, 0.25) is 0 Å². The molecule has 1 aliphatic carbocycles. The van der Waals surface area contributed by atoms with Crippen LogP contribution in [0.15, 0.2) is 30.3 Å². The molecule has 0 heterocycles. The van der Waals surface area contributed by atoms with Gasteiger partial charge in [0, 0.05) is 5.92 Å². The van der Waals surface area contributed by atoms with E-state index in [2.05, 4.69) is 0 Å². The van der Waals surface area contributed by atoms with Crippen molar-refractivity contribution in [1.82, 2.24) is 0 Å². The Morgan fingerprint density at radius 2 is 1.83 bits per heavy atom. The summed E-state index contributed by atoms with van der Waals surface area (Å²) in [6.45, 7) is 1.44. The summed E-state index contributed by atoms with van der Waals surface area (Å²) >= 11 is 0. The maximum absolute atomic E-state index is 13.5. The molecule has 2 atom stereocenters. The van der Waals surface area contributed by atoms with Gasteiger partial charge in [0.15, 0.2) is 0 Å². The van der Waals surface area contributed by atoms with Crippen molar-refractivity contribution < 1.29 is 13.5 Å². The van der Waals surface area contributed by atoms with Crippen LogP contribution in [0, 0.1) is 5.92 Å². The SMILES string of the molecule is CC(F)(F)[C@H]1CCCC[C@H]1OCc1ccccc1. The predicted octanol–water partition coefficient (Wildman–Crippen LogP) is 4.42. The highest BCUT2D eigenvalue weighted by molar-refractivity contribution is 5.13. The molecule has 0 radical (unpaired) electrons. The highest BCUT2D eigenvalue weighted by Gasteiger charge is 2.41. The van der Waals surface area contributed by atoms with Crippen molar-refractivity contribution in [2.24, 2.45) is 5.92 Å². The molecule has 1 fully saturated rings. The smallest absolute Gasteiger partial charge is 0.250 e. The quantitative estimate of drug-likeness (QED) is 0.773. The molecule has 1 nitrogen and oxygen atoms in total. The van der Waals surface area contributed by atoms with Gasteiger partial charge in [0.1, 0.15) is 0 Å². The third-order valence-electron chi connectivity index (χ3n) is 3.66. The van der Waals surface area contributed by atoms with Crippen LogP contribution >= 0.6 is 0 Å². The molecule has 0 saturated heterocycles. The highest BCUT2D eigenvalue weighted by Crippen LogP contribution is 2.38. The minimum atomic E-state index is -2.64. The Morgan fingerprint density at radius 1 is 1.17 bits per heavy atom. The van der Waals surface area contributed by atoms with Crippen molar-refractivity contribution in [3.8, 4) is 0 Å². The average molecular weight is 254 g/mol. The lowest BCUT2D eigenvalue weighted by atomic mass is 9.82. The van der Waals surface area contributed by atoms with Crippen LogP contribution in [-0.2, 0) is 11.3 Å². The monoisotopic (exact) mass is 254 g/mol. The van der Waals surface area contributed by atoms with Crippen molar-refractivity contribution >= 4 is 0 Å². The fourth-order valence-electron chi connectivity index (χ4n) is 2.65. The van der Waals surface area contributed by atoms with E-state index >= 15 is 0 Å². The maximum atomic E-state index is 13.5. The molecule has 1 saturated carbocycles. The van der Waals surface area contributed by atoms with E-state index in [1.54, 1.807) is 0 Å². The molecule has 0 unspecified atom stereocenters. The van der Waals surface area contributed by atoms with E-state index in [1.165, 1.54) is 0 Å². The van der Waals surface area contributed by atoms with Crippen LogP contribution < -0.4 is 0 Å². The first-order valence-corrected chi connectivity index (χ1v) is 6.61. The lowest BCUT2D eigenvalue weighted by molar-refractivity contribution is -0.129. The van der Waals surface area contributed by atoms with E-state index in [0.717, 1.165) is 31.7 Å². The molecule has 3 heteroatoms. The first-order valence-electron chi connectivity index (χ1n) is 6.61. The first kappa shape index (κ1) is 13.5. The van der Waals surface area contributed by atoms with Gasteiger partial charge in [-0.25, -0.2) is 8.78 Å². The van der Waals surface area contributed by atoms with Crippen LogP contribution in [0.1, 0.15) is 38.2 Å². The minimum absolute atomic E-state index is 0.307. The summed E-state index contributed by atoms with van der Waals surface area (Å²) in [6, 6.07) is 9.73. The molecule has 1 aromatic rings. The fraction of sp³-hybridized carbons (Fsp3) is 0.600. The molecule has 1 aromatic carbocycles. The lowest BCUT2D eigenvalue weighted by Crippen LogP contribution is -2.39. The summed E-state index contributed by atoms with van der Waals surface area (Å²) in [6.07, 6.45) is 2.90. The van der Waals surface area contributed by atoms with E-state index < -0.39 is 11.8 Å². The number of ether oxygens (including phenoxy) is 1. The third-order valence-corrected chi connectivity index (χ3v) is 3.66. The van der Waals surface area contributed by atoms with Crippen molar-refractivity contribution in [2.75, 3.05) is 0 Å². The Balaban J connectivity index is 1.94. The molecule has 0 aromatic heterocycles. The van der Waals surface area contributed by atoms with Gasteiger partial charge in [-0.2, -0.15) is 0 Å². The number of alkyl halides is 2. The largest absolute Gasteiger partial charge is 0.373 e. The zero-order valence-electron chi connectivity index (χ0n) is 10.7. The van der Waals surface area contributed by atoms with Crippen LogP contribution in [0.5, 0.6) is 0 Å². The minimum Gasteiger partial charge on any atom is -0.373 e. The van der Waals surface area contributed by atoms with Gasteiger partial charge < -0.3 is 4.74 Å². The van der Waals surface area contributed by atoms with Gasteiger partial charge >= 0.3 is 0 Å². The van der Waals surface area contributed by atoms with E-state index in [0.29, 0.717) is 13.0 Å². The number of benzene rings is 1. The standard InChI is InChI=1S/C15H20F2O/c1-15(16,17)13-9-5-6-10-14(13)18-11-12-7-3-2-4-8-12/h2-4,7-8,13-14H,5-6,9-11H2,1H3/t13-,14+/m0/s1. The van der Waals surface area contributed by atoms with Crippen molar-refractivity contribution in [3.63, 3.8) is 0 Å². The molecule has 0 amide bonds. The molecule has 18 heavy (non-hydrogen) atoms. The van der Waals surface area contributed by atoms with Crippen LogP contribution in [-0.4, -0.2) is 12.0 Å². The Bertz CT molecular complexity index is 359. The molecular formula is C15H20F2O. The summed E-state index contributed by atoms with van der Waals surface area (Å²) in [7, 11) is 0. The zero-order valence-corrected chi connectivity index (χ0v) is 10.7. The van der Waals surface area contributed by atoms with E-state index in [9.17, 15) is 8.78 Å². The second-order valence-corrected chi connectivity index (χ2v) is 5.18. The maximum Gasteiger partial charge on any atom is 0.250 e.